The first kappa shape index (κ1) is 14.0. The number of rotatable bonds is 2. The van der Waals surface area contributed by atoms with Crippen molar-refractivity contribution < 1.29 is 13.2 Å². The van der Waals surface area contributed by atoms with Gasteiger partial charge in [0.25, 0.3) is 0 Å². The molecule has 0 spiro atoms. The molecule has 0 aliphatic carbocycles. The smallest absolute Gasteiger partial charge is 0.247 e. The molecule has 1 N–H and O–H groups in total. The Morgan fingerprint density at radius 3 is 2.53 bits per heavy atom. The highest BCUT2D eigenvalue weighted by Gasteiger charge is 2.33. The van der Waals surface area contributed by atoms with Gasteiger partial charge in [-0.3, -0.25) is 9.89 Å². The lowest BCUT2D eigenvalue weighted by Gasteiger charge is -2.19. The van der Waals surface area contributed by atoms with Crippen LogP contribution in [-0.4, -0.2) is 60.4 Å². The SMILES string of the molecule is Cc1n[nH]c(C)c1S(=O)(=O)N1CCCN(C)C(=O)C1. The number of nitrogens with one attached hydrogen (secondary N) is 1. The summed E-state index contributed by atoms with van der Waals surface area (Å²) in [4.78, 5) is 13.6. The van der Waals surface area contributed by atoms with E-state index in [9.17, 15) is 13.2 Å². The Labute approximate surface area is 112 Å². The van der Waals surface area contributed by atoms with Gasteiger partial charge in [-0.25, -0.2) is 8.42 Å². The lowest BCUT2D eigenvalue weighted by atomic mass is 10.4. The summed E-state index contributed by atoms with van der Waals surface area (Å²) < 4.78 is 26.4. The van der Waals surface area contributed by atoms with Gasteiger partial charge in [0.15, 0.2) is 0 Å². The highest BCUT2D eigenvalue weighted by Crippen LogP contribution is 2.22. The summed E-state index contributed by atoms with van der Waals surface area (Å²) in [5, 5.41) is 6.58. The van der Waals surface area contributed by atoms with E-state index in [0.29, 0.717) is 30.9 Å². The third kappa shape index (κ3) is 2.50. The van der Waals surface area contributed by atoms with Crippen LogP contribution in [0.25, 0.3) is 0 Å². The summed E-state index contributed by atoms with van der Waals surface area (Å²) in [6.07, 6.45) is 0.636. The van der Waals surface area contributed by atoms with Crippen molar-refractivity contribution in [1.29, 1.82) is 0 Å². The molecule has 1 aromatic rings. The van der Waals surface area contributed by atoms with E-state index in [2.05, 4.69) is 10.2 Å². The zero-order chi connectivity index (χ0) is 14.2. The molecule has 7 nitrogen and oxygen atoms in total. The molecule has 1 aliphatic heterocycles. The molecule has 1 amide bonds. The van der Waals surface area contributed by atoms with Crippen molar-refractivity contribution in [2.24, 2.45) is 0 Å². The number of H-pyrrole nitrogens is 1. The fourth-order valence-electron chi connectivity index (χ4n) is 2.21. The van der Waals surface area contributed by atoms with Crippen molar-refractivity contribution in [2.75, 3.05) is 26.7 Å². The topological polar surface area (TPSA) is 86.4 Å². The van der Waals surface area contributed by atoms with Crippen LogP contribution in [0.4, 0.5) is 0 Å². The Balaban J connectivity index is 2.37. The van der Waals surface area contributed by atoms with Gasteiger partial charge in [-0.15, -0.1) is 0 Å². The zero-order valence-electron chi connectivity index (χ0n) is 11.3. The van der Waals surface area contributed by atoms with Crippen LogP contribution in [0.15, 0.2) is 4.90 Å². The Morgan fingerprint density at radius 1 is 1.26 bits per heavy atom. The number of hydrogen-bond donors (Lipinski definition) is 1. The Kier molecular flexibility index (Phi) is 3.64. The van der Waals surface area contributed by atoms with Gasteiger partial charge in [0, 0.05) is 20.1 Å². The van der Waals surface area contributed by atoms with Crippen LogP contribution in [0.2, 0.25) is 0 Å². The highest BCUT2D eigenvalue weighted by atomic mass is 32.2. The summed E-state index contributed by atoms with van der Waals surface area (Å²) >= 11 is 0. The number of amides is 1. The molecule has 106 valence electrons. The summed E-state index contributed by atoms with van der Waals surface area (Å²) in [5.41, 5.74) is 0.935. The van der Waals surface area contributed by atoms with E-state index in [1.165, 1.54) is 4.31 Å². The molecule has 2 heterocycles. The quantitative estimate of drug-likeness (QED) is 0.821. The molecule has 0 bridgehead atoms. The van der Waals surface area contributed by atoms with Crippen LogP contribution in [0, 0.1) is 13.8 Å². The maximum atomic E-state index is 12.6. The van der Waals surface area contributed by atoms with E-state index >= 15 is 0 Å². The summed E-state index contributed by atoms with van der Waals surface area (Å²) in [6.45, 7) is 4.13. The molecule has 0 radical (unpaired) electrons. The molecule has 1 aromatic heterocycles. The number of aromatic amines is 1. The zero-order valence-corrected chi connectivity index (χ0v) is 12.1. The highest BCUT2D eigenvalue weighted by molar-refractivity contribution is 7.89. The first-order valence-electron chi connectivity index (χ1n) is 6.09. The molecule has 0 unspecified atom stereocenters. The molecule has 8 heteroatoms. The van der Waals surface area contributed by atoms with E-state index in [1.807, 2.05) is 0 Å². The van der Waals surface area contributed by atoms with Gasteiger partial charge in [-0.2, -0.15) is 9.40 Å². The van der Waals surface area contributed by atoms with Crippen LogP contribution in [0.5, 0.6) is 0 Å². The minimum absolute atomic E-state index is 0.108. The lowest BCUT2D eigenvalue weighted by Crippen LogP contribution is -2.38. The van der Waals surface area contributed by atoms with Gasteiger partial charge in [0.2, 0.25) is 15.9 Å². The van der Waals surface area contributed by atoms with Crippen molar-refractivity contribution in [1.82, 2.24) is 19.4 Å². The number of nitrogens with zero attached hydrogens (tertiary/aromatic N) is 3. The van der Waals surface area contributed by atoms with Crippen LogP contribution in [0.3, 0.4) is 0 Å². The Bertz CT molecular complexity index is 574. The standard InChI is InChI=1S/C11H18N4O3S/c1-8-11(9(2)13-12-8)19(17,18)15-6-4-5-14(3)10(16)7-15/h4-7H2,1-3H3,(H,12,13). The monoisotopic (exact) mass is 286 g/mol. The number of aryl methyl sites for hydroxylation is 2. The molecule has 1 saturated heterocycles. The number of carbonyl (C=O) groups excluding carboxylic acids is 1. The van der Waals surface area contributed by atoms with Crippen LogP contribution >= 0.6 is 0 Å². The van der Waals surface area contributed by atoms with Crippen LogP contribution in [0.1, 0.15) is 17.8 Å². The fraction of sp³-hybridized carbons (Fsp3) is 0.636. The number of carbonyl (C=O) groups is 1. The van der Waals surface area contributed by atoms with Gasteiger partial charge in [-0.1, -0.05) is 0 Å². The first-order valence-corrected chi connectivity index (χ1v) is 7.53. The van der Waals surface area contributed by atoms with E-state index in [0.717, 1.165) is 0 Å². The second-order valence-electron chi connectivity index (χ2n) is 4.77. The molecular formula is C11H18N4O3S. The minimum Gasteiger partial charge on any atom is -0.345 e. The van der Waals surface area contributed by atoms with E-state index < -0.39 is 10.0 Å². The fourth-order valence-corrected chi connectivity index (χ4v) is 3.97. The van der Waals surface area contributed by atoms with E-state index in [1.54, 1.807) is 25.8 Å². The molecular weight excluding hydrogens is 268 g/mol. The largest absolute Gasteiger partial charge is 0.345 e. The lowest BCUT2D eigenvalue weighted by molar-refractivity contribution is -0.129. The Morgan fingerprint density at radius 2 is 1.95 bits per heavy atom. The van der Waals surface area contributed by atoms with Crippen molar-refractivity contribution in [3.63, 3.8) is 0 Å². The van der Waals surface area contributed by atoms with E-state index in [4.69, 9.17) is 0 Å². The van der Waals surface area contributed by atoms with Gasteiger partial charge >= 0.3 is 0 Å². The molecule has 1 fully saturated rings. The van der Waals surface area contributed by atoms with Crippen molar-refractivity contribution >= 4 is 15.9 Å². The number of hydrogen-bond acceptors (Lipinski definition) is 4. The molecule has 0 saturated carbocycles. The second kappa shape index (κ2) is 4.93. The van der Waals surface area contributed by atoms with Crippen molar-refractivity contribution in [3.8, 4) is 0 Å². The number of aromatic nitrogens is 2. The average molecular weight is 286 g/mol. The van der Waals surface area contributed by atoms with Gasteiger partial charge < -0.3 is 4.90 Å². The maximum absolute atomic E-state index is 12.6. The third-order valence-corrected chi connectivity index (χ3v) is 5.41. The summed E-state index contributed by atoms with van der Waals surface area (Å²) in [6, 6.07) is 0. The average Bonchev–Trinajstić information content (AvgIpc) is 2.57. The molecule has 1 aliphatic rings. The van der Waals surface area contributed by atoms with Crippen LogP contribution in [-0.2, 0) is 14.8 Å². The second-order valence-corrected chi connectivity index (χ2v) is 6.65. The van der Waals surface area contributed by atoms with Gasteiger partial charge in [0.05, 0.1) is 17.9 Å². The maximum Gasteiger partial charge on any atom is 0.247 e. The molecule has 0 atom stereocenters. The van der Waals surface area contributed by atoms with Crippen LogP contribution < -0.4 is 0 Å². The molecule has 0 aromatic carbocycles. The van der Waals surface area contributed by atoms with Gasteiger partial charge in [0.1, 0.15) is 4.90 Å². The van der Waals surface area contributed by atoms with Gasteiger partial charge in [-0.05, 0) is 20.3 Å². The first-order chi connectivity index (χ1) is 8.84. The number of sulfonamides is 1. The van der Waals surface area contributed by atoms with E-state index in [-0.39, 0.29) is 17.3 Å². The summed E-state index contributed by atoms with van der Waals surface area (Å²) in [7, 11) is -1.98. The Hall–Kier alpha value is -1.41. The third-order valence-electron chi connectivity index (χ3n) is 3.30. The van der Waals surface area contributed by atoms with Crippen molar-refractivity contribution in [3.05, 3.63) is 11.4 Å². The summed E-state index contributed by atoms with van der Waals surface area (Å²) in [5.74, 6) is -0.181. The molecule has 2 rings (SSSR count). The molecule has 19 heavy (non-hydrogen) atoms. The van der Waals surface area contributed by atoms with Crippen molar-refractivity contribution in [2.45, 2.75) is 25.2 Å². The minimum atomic E-state index is -3.67. The predicted octanol–water partition coefficient (Wildman–Crippen LogP) is -0.121. The predicted molar refractivity (Wildman–Crippen MR) is 69.1 cm³/mol. The number of likely N-dealkylation sites (N-methyl/N-ethyl adjacent to an activating group) is 1. The normalized spacial score (nSPS) is 18.7.